The average molecular weight is 299 g/mol. The Morgan fingerprint density at radius 1 is 1.25 bits per heavy atom. The van der Waals surface area contributed by atoms with Gasteiger partial charge in [-0.15, -0.1) is 0 Å². The molecule has 6 nitrogen and oxygen atoms in total. The number of benzene rings is 1. The molecule has 1 rings (SSSR count). The highest BCUT2D eigenvalue weighted by Gasteiger charge is 2.04. The molecule has 1 amide bonds. The van der Waals surface area contributed by atoms with Gasteiger partial charge in [0.25, 0.3) is 0 Å². The third-order valence-electron chi connectivity index (χ3n) is 2.72. The van der Waals surface area contributed by atoms with Crippen LogP contribution < -0.4 is 15.8 Å². The third kappa shape index (κ3) is 7.10. The van der Waals surface area contributed by atoms with Gasteiger partial charge in [0, 0.05) is 25.2 Å². The fourth-order valence-corrected chi connectivity index (χ4v) is 2.19. The normalized spacial score (nSPS) is 11.2. The summed E-state index contributed by atoms with van der Waals surface area (Å²) >= 11 is 0. The molecule has 0 saturated heterocycles. The number of rotatable bonds is 8. The summed E-state index contributed by atoms with van der Waals surface area (Å²) in [4.78, 5) is 11.6. The Kier molecular flexibility index (Phi) is 6.47. The van der Waals surface area contributed by atoms with Crippen LogP contribution in [-0.2, 0) is 21.2 Å². The number of amides is 1. The predicted molar refractivity (Wildman–Crippen MR) is 79.6 cm³/mol. The van der Waals surface area contributed by atoms with E-state index in [1.165, 1.54) is 0 Å². The van der Waals surface area contributed by atoms with Gasteiger partial charge >= 0.3 is 0 Å². The molecule has 0 aliphatic rings. The van der Waals surface area contributed by atoms with E-state index in [2.05, 4.69) is 10.0 Å². The number of hydrogen-bond donors (Lipinski definition) is 3. The Bertz CT molecular complexity index is 544. The molecule has 1 aromatic carbocycles. The number of nitrogens with two attached hydrogens (primary N) is 1. The summed E-state index contributed by atoms with van der Waals surface area (Å²) in [5.74, 6) is -0.0624. The van der Waals surface area contributed by atoms with E-state index in [1.54, 1.807) is 0 Å². The Hall–Kier alpha value is -1.60. The lowest BCUT2D eigenvalue weighted by Crippen LogP contribution is -2.29. The maximum atomic E-state index is 11.6. The maximum absolute atomic E-state index is 11.6. The Morgan fingerprint density at radius 2 is 1.95 bits per heavy atom. The molecule has 0 aromatic heterocycles. The highest BCUT2D eigenvalue weighted by Crippen LogP contribution is 2.12. The van der Waals surface area contributed by atoms with Gasteiger partial charge in [0.05, 0.1) is 6.26 Å². The lowest BCUT2D eigenvalue weighted by Gasteiger charge is -2.07. The van der Waals surface area contributed by atoms with Crippen molar-refractivity contribution in [2.75, 3.05) is 25.1 Å². The minimum atomic E-state index is -3.15. The summed E-state index contributed by atoms with van der Waals surface area (Å²) in [6, 6.07) is 7.46. The quantitative estimate of drug-likeness (QED) is 0.473. The lowest BCUT2D eigenvalue weighted by atomic mass is 10.1. The molecule has 7 heteroatoms. The van der Waals surface area contributed by atoms with Crippen molar-refractivity contribution in [1.82, 2.24) is 10.0 Å². The number of anilines is 1. The molecule has 1 aromatic rings. The number of sulfonamides is 1. The summed E-state index contributed by atoms with van der Waals surface area (Å²) in [5, 5.41) is 2.74. The minimum Gasteiger partial charge on any atom is -0.399 e. The molecular formula is C13H21N3O3S. The fraction of sp³-hybridized carbons (Fsp3) is 0.462. The number of carbonyl (C=O) groups is 1. The monoisotopic (exact) mass is 299 g/mol. The molecule has 0 fully saturated rings. The SMILES string of the molecule is CS(=O)(=O)NCCCNC(=O)CCc1ccccc1N. The van der Waals surface area contributed by atoms with Crippen LogP contribution in [0.2, 0.25) is 0 Å². The van der Waals surface area contributed by atoms with Gasteiger partial charge in [-0.25, -0.2) is 13.1 Å². The van der Waals surface area contributed by atoms with Gasteiger partial charge < -0.3 is 11.1 Å². The van der Waals surface area contributed by atoms with Crippen molar-refractivity contribution in [2.24, 2.45) is 0 Å². The first-order valence-electron chi connectivity index (χ1n) is 6.43. The maximum Gasteiger partial charge on any atom is 0.220 e. The van der Waals surface area contributed by atoms with E-state index in [0.29, 0.717) is 38.0 Å². The second-order valence-electron chi connectivity index (χ2n) is 4.57. The van der Waals surface area contributed by atoms with Crippen molar-refractivity contribution in [2.45, 2.75) is 19.3 Å². The van der Waals surface area contributed by atoms with Crippen molar-refractivity contribution in [3.05, 3.63) is 29.8 Å². The Morgan fingerprint density at radius 3 is 2.60 bits per heavy atom. The predicted octanol–water partition coefficient (Wildman–Crippen LogP) is 0.257. The molecule has 0 spiro atoms. The van der Waals surface area contributed by atoms with E-state index >= 15 is 0 Å². The Labute approximate surface area is 119 Å². The van der Waals surface area contributed by atoms with Crippen LogP contribution in [-0.4, -0.2) is 33.7 Å². The number of carbonyl (C=O) groups excluding carboxylic acids is 1. The second-order valence-corrected chi connectivity index (χ2v) is 6.40. The zero-order valence-corrected chi connectivity index (χ0v) is 12.4. The van der Waals surface area contributed by atoms with Gasteiger partial charge in [-0.05, 0) is 24.5 Å². The van der Waals surface area contributed by atoms with Crippen molar-refractivity contribution in [1.29, 1.82) is 0 Å². The van der Waals surface area contributed by atoms with Gasteiger partial charge in [-0.3, -0.25) is 4.79 Å². The van der Waals surface area contributed by atoms with Crippen LogP contribution in [0, 0.1) is 0 Å². The van der Waals surface area contributed by atoms with E-state index in [1.807, 2.05) is 24.3 Å². The van der Waals surface area contributed by atoms with E-state index in [9.17, 15) is 13.2 Å². The van der Waals surface area contributed by atoms with E-state index in [-0.39, 0.29) is 5.91 Å². The van der Waals surface area contributed by atoms with Crippen LogP contribution in [0.1, 0.15) is 18.4 Å². The van der Waals surface area contributed by atoms with E-state index in [4.69, 9.17) is 5.73 Å². The van der Waals surface area contributed by atoms with Crippen molar-refractivity contribution >= 4 is 21.6 Å². The minimum absolute atomic E-state index is 0.0624. The zero-order chi connectivity index (χ0) is 15.0. The first-order chi connectivity index (χ1) is 9.38. The van der Waals surface area contributed by atoms with Crippen LogP contribution >= 0.6 is 0 Å². The highest BCUT2D eigenvalue weighted by atomic mass is 32.2. The van der Waals surface area contributed by atoms with Gasteiger partial charge in [-0.1, -0.05) is 18.2 Å². The van der Waals surface area contributed by atoms with Crippen molar-refractivity contribution in [3.8, 4) is 0 Å². The van der Waals surface area contributed by atoms with Gasteiger partial charge in [0.2, 0.25) is 15.9 Å². The first-order valence-corrected chi connectivity index (χ1v) is 8.32. The van der Waals surface area contributed by atoms with Crippen LogP contribution in [0.3, 0.4) is 0 Å². The molecule has 112 valence electrons. The first kappa shape index (κ1) is 16.5. The van der Waals surface area contributed by atoms with E-state index in [0.717, 1.165) is 11.8 Å². The molecule has 0 heterocycles. The number of para-hydroxylation sites is 1. The molecular weight excluding hydrogens is 278 g/mol. The summed E-state index contributed by atoms with van der Waals surface area (Å²) in [5.41, 5.74) is 7.44. The van der Waals surface area contributed by atoms with E-state index < -0.39 is 10.0 Å². The standard InChI is InChI=1S/C13H21N3O3S/c1-20(18,19)16-10-4-9-15-13(17)8-7-11-5-2-3-6-12(11)14/h2-3,5-6,16H,4,7-10,14H2,1H3,(H,15,17). The summed E-state index contributed by atoms with van der Waals surface area (Å²) < 4.78 is 24.0. The molecule has 0 saturated carbocycles. The summed E-state index contributed by atoms with van der Waals surface area (Å²) in [6.45, 7) is 0.774. The van der Waals surface area contributed by atoms with Crippen molar-refractivity contribution < 1.29 is 13.2 Å². The third-order valence-corrected chi connectivity index (χ3v) is 3.44. The van der Waals surface area contributed by atoms with Crippen LogP contribution in [0.25, 0.3) is 0 Å². The number of aryl methyl sites for hydroxylation is 1. The average Bonchev–Trinajstić information content (AvgIpc) is 2.36. The van der Waals surface area contributed by atoms with Crippen molar-refractivity contribution in [3.63, 3.8) is 0 Å². The zero-order valence-electron chi connectivity index (χ0n) is 11.6. The molecule has 4 N–H and O–H groups in total. The summed E-state index contributed by atoms with van der Waals surface area (Å²) in [6.07, 6.45) is 2.63. The highest BCUT2D eigenvalue weighted by molar-refractivity contribution is 7.88. The topological polar surface area (TPSA) is 101 Å². The fourth-order valence-electron chi connectivity index (χ4n) is 1.67. The molecule has 0 aliphatic heterocycles. The molecule has 0 aliphatic carbocycles. The lowest BCUT2D eigenvalue weighted by molar-refractivity contribution is -0.121. The van der Waals surface area contributed by atoms with Crippen LogP contribution in [0.15, 0.2) is 24.3 Å². The second kappa shape index (κ2) is 7.86. The molecule has 20 heavy (non-hydrogen) atoms. The van der Waals surface area contributed by atoms with Gasteiger partial charge in [0.1, 0.15) is 0 Å². The molecule has 0 unspecified atom stereocenters. The molecule has 0 bridgehead atoms. The van der Waals surface area contributed by atoms with Crippen LogP contribution in [0.5, 0.6) is 0 Å². The molecule has 0 atom stereocenters. The van der Waals surface area contributed by atoms with Gasteiger partial charge in [-0.2, -0.15) is 0 Å². The molecule has 0 radical (unpaired) electrons. The number of nitrogen functional groups attached to an aromatic ring is 1. The largest absolute Gasteiger partial charge is 0.399 e. The van der Waals surface area contributed by atoms with Crippen LogP contribution in [0.4, 0.5) is 5.69 Å². The summed E-state index contributed by atoms with van der Waals surface area (Å²) in [7, 11) is -3.15. The number of nitrogens with one attached hydrogen (secondary N) is 2. The smallest absolute Gasteiger partial charge is 0.220 e. The van der Waals surface area contributed by atoms with Gasteiger partial charge in [0.15, 0.2) is 0 Å². The Balaban J connectivity index is 2.17. The number of hydrogen-bond acceptors (Lipinski definition) is 4.